The number of methoxy groups -OCH3 is 1. The lowest BCUT2D eigenvalue weighted by Crippen LogP contribution is -2.18. The molecule has 0 aromatic heterocycles. The summed E-state index contributed by atoms with van der Waals surface area (Å²) in [6.45, 7) is 0. The lowest BCUT2D eigenvalue weighted by Gasteiger charge is -2.16. The average Bonchev–Trinajstić information content (AvgIpc) is 3.21. The molecule has 0 heterocycles. The molecule has 1 saturated carbocycles. The minimum atomic E-state index is -0.556. The number of hydrogen-bond acceptors (Lipinski definition) is 4. The average molecular weight is 315 g/mol. The first-order valence-corrected chi connectivity index (χ1v) is 7.96. The molecule has 1 aromatic carbocycles. The third-order valence-corrected chi connectivity index (χ3v) is 5.18. The molecular weight excluding hydrogens is 296 g/mol. The van der Waals surface area contributed by atoms with E-state index in [9.17, 15) is 13.6 Å². The second kappa shape index (κ2) is 6.75. The fourth-order valence-corrected chi connectivity index (χ4v) is 3.59. The van der Waals surface area contributed by atoms with Crippen LogP contribution >= 0.6 is 11.8 Å². The summed E-state index contributed by atoms with van der Waals surface area (Å²) in [7, 11) is 1.38. The molecule has 6 heteroatoms. The van der Waals surface area contributed by atoms with Crippen LogP contribution in [0.15, 0.2) is 18.2 Å². The van der Waals surface area contributed by atoms with E-state index in [1.165, 1.54) is 7.11 Å². The summed E-state index contributed by atoms with van der Waals surface area (Å²) >= 11 is 1.57. The van der Waals surface area contributed by atoms with E-state index in [1.807, 2.05) is 0 Å². The molecule has 21 heavy (non-hydrogen) atoms. The molecular formula is C15H19F2NO2S. The Kier molecular flexibility index (Phi) is 5.22. The lowest BCUT2D eigenvalue weighted by atomic mass is 10.1. The number of ether oxygens (including phenoxy) is 1. The maximum atomic E-state index is 13.6. The third kappa shape index (κ3) is 4.41. The first kappa shape index (κ1) is 16.2. The number of benzene rings is 1. The van der Waals surface area contributed by atoms with Crippen LogP contribution in [0.5, 0.6) is 0 Å². The Labute approximate surface area is 127 Å². The number of halogens is 2. The van der Waals surface area contributed by atoms with Crippen molar-refractivity contribution >= 4 is 17.7 Å². The number of thioether (sulfide) groups is 1. The summed E-state index contributed by atoms with van der Waals surface area (Å²) in [6.07, 6.45) is 2.41. The Hall–Kier alpha value is -1.14. The normalized spacial score (nSPS) is 17.3. The molecule has 0 amide bonds. The van der Waals surface area contributed by atoms with Crippen LogP contribution in [0.1, 0.15) is 30.9 Å². The van der Waals surface area contributed by atoms with E-state index in [-0.39, 0.29) is 16.9 Å². The number of nitrogens with two attached hydrogens (primary N) is 1. The minimum Gasteiger partial charge on any atom is -0.469 e. The molecule has 0 aliphatic heterocycles. The van der Waals surface area contributed by atoms with E-state index >= 15 is 0 Å². The van der Waals surface area contributed by atoms with Crippen molar-refractivity contribution in [3.63, 3.8) is 0 Å². The van der Waals surface area contributed by atoms with Crippen LogP contribution in [0.4, 0.5) is 8.78 Å². The maximum absolute atomic E-state index is 13.6. The molecule has 0 radical (unpaired) electrons. The second-order valence-corrected chi connectivity index (χ2v) is 6.57. The standard InChI is InChI=1S/C15H19F2NO2S/c1-20-14(19)7-15(4-5-15)9-21-8-13(18)11-6-10(16)2-3-12(11)17/h2-3,6,13H,4-5,7-9,18H2,1H3. The van der Waals surface area contributed by atoms with E-state index in [4.69, 9.17) is 5.73 Å². The molecule has 1 unspecified atom stereocenters. The van der Waals surface area contributed by atoms with Crippen LogP contribution in [-0.4, -0.2) is 24.6 Å². The van der Waals surface area contributed by atoms with Crippen molar-refractivity contribution < 1.29 is 18.3 Å². The summed E-state index contributed by atoms with van der Waals surface area (Å²) in [5.41, 5.74) is 6.13. The van der Waals surface area contributed by atoms with Crippen molar-refractivity contribution in [1.29, 1.82) is 0 Å². The minimum absolute atomic E-state index is 0.0119. The molecule has 3 nitrogen and oxygen atoms in total. The SMILES string of the molecule is COC(=O)CC1(CSCC(N)c2cc(F)ccc2F)CC1. The summed E-state index contributed by atoms with van der Waals surface area (Å²) < 4.78 is 31.4. The van der Waals surface area contributed by atoms with Crippen LogP contribution in [0.3, 0.4) is 0 Å². The lowest BCUT2D eigenvalue weighted by molar-refractivity contribution is -0.141. The molecule has 116 valence electrons. The van der Waals surface area contributed by atoms with Gasteiger partial charge in [-0.15, -0.1) is 0 Å². The van der Waals surface area contributed by atoms with Crippen LogP contribution < -0.4 is 5.73 Å². The Morgan fingerprint density at radius 3 is 2.81 bits per heavy atom. The van der Waals surface area contributed by atoms with Gasteiger partial charge in [-0.25, -0.2) is 8.78 Å². The van der Waals surface area contributed by atoms with Crippen LogP contribution in [0.25, 0.3) is 0 Å². The number of esters is 1. The summed E-state index contributed by atoms with van der Waals surface area (Å²) in [5, 5.41) is 0. The van der Waals surface area contributed by atoms with Gasteiger partial charge in [-0.3, -0.25) is 4.79 Å². The quantitative estimate of drug-likeness (QED) is 0.786. The topological polar surface area (TPSA) is 52.3 Å². The Morgan fingerprint density at radius 2 is 2.19 bits per heavy atom. The maximum Gasteiger partial charge on any atom is 0.306 e. The fourth-order valence-electron chi connectivity index (χ4n) is 2.22. The van der Waals surface area contributed by atoms with Gasteiger partial charge in [0.2, 0.25) is 0 Å². The Morgan fingerprint density at radius 1 is 1.48 bits per heavy atom. The zero-order chi connectivity index (χ0) is 15.5. The Bertz CT molecular complexity index is 520. The highest BCUT2D eigenvalue weighted by atomic mass is 32.2. The van der Waals surface area contributed by atoms with Gasteiger partial charge in [0, 0.05) is 17.4 Å². The number of hydrogen-bond donors (Lipinski definition) is 1. The van der Waals surface area contributed by atoms with Gasteiger partial charge in [-0.05, 0) is 42.2 Å². The zero-order valence-electron chi connectivity index (χ0n) is 11.9. The molecule has 2 N–H and O–H groups in total. The van der Waals surface area contributed by atoms with Crippen LogP contribution in [0.2, 0.25) is 0 Å². The first-order chi connectivity index (χ1) is 9.96. The molecule has 0 spiro atoms. The third-order valence-electron chi connectivity index (χ3n) is 3.77. The molecule has 0 saturated heterocycles. The highest BCUT2D eigenvalue weighted by Crippen LogP contribution is 2.51. The highest BCUT2D eigenvalue weighted by Gasteiger charge is 2.44. The predicted molar refractivity (Wildman–Crippen MR) is 78.9 cm³/mol. The van der Waals surface area contributed by atoms with Crippen molar-refractivity contribution in [3.05, 3.63) is 35.4 Å². The fraction of sp³-hybridized carbons (Fsp3) is 0.533. The van der Waals surface area contributed by atoms with Gasteiger partial charge in [0.1, 0.15) is 11.6 Å². The van der Waals surface area contributed by atoms with Crippen LogP contribution in [0, 0.1) is 17.0 Å². The van der Waals surface area contributed by atoms with Crippen molar-refractivity contribution in [3.8, 4) is 0 Å². The summed E-state index contributed by atoms with van der Waals surface area (Å²) in [6, 6.07) is 2.75. The summed E-state index contributed by atoms with van der Waals surface area (Å²) in [5.74, 6) is 0.0979. The van der Waals surface area contributed by atoms with Gasteiger partial charge in [0.25, 0.3) is 0 Å². The van der Waals surface area contributed by atoms with E-state index in [2.05, 4.69) is 4.74 Å². The van der Waals surface area contributed by atoms with Gasteiger partial charge >= 0.3 is 5.97 Å². The smallest absolute Gasteiger partial charge is 0.306 e. The summed E-state index contributed by atoms with van der Waals surface area (Å²) in [4.78, 5) is 11.3. The molecule has 1 aliphatic carbocycles. The number of carbonyl (C=O) groups excluding carboxylic acids is 1. The van der Waals surface area contributed by atoms with E-state index in [1.54, 1.807) is 11.8 Å². The molecule has 1 aliphatic rings. The highest BCUT2D eigenvalue weighted by molar-refractivity contribution is 7.99. The van der Waals surface area contributed by atoms with Crippen LogP contribution in [-0.2, 0) is 9.53 Å². The van der Waals surface area contributed by atoms with Gasteiger partial charge < -0.3 is 10.5 Å². The first-order valence-electron chi connectivity index (χ1n) is 6.81. The molecule has 1 atom stereocenters. The second-order valence-electron chi connectivity index (χ2n) is 5.54. The Balaban J connectivity index is 1.83. The predicted octanol–water partition coefficient (Wildman–Crippen LogP) is 3.04. The molecule has 2 rings (SSSR count). The zero-order valence-corrected chi connectivity index (χ0v) is 12.7. The molecule has 1 aromatic rings. The van der Waals surface area contributed by atoms with Crippen molar-refractivity contribution in [1.82, 2.24) is 0 Å². The molecule has 0 bridgehead atoms. The molecule has 1 fully saturated rings. The van der Waals surface area contributed by atoms with Crippen molar-refractivity contribution in [2.45, 2.75) is 25.3 Å². The van der Waals surface area contributed by atoms with Crippen molar-refractivity contribution in [2.75, 3.05) is 18.6 Å². The van der Waals surface area contributed by atoms with Gasteiger partial charge in [-0.1, -0.05) is 0 Å². The number of carbonyl (C=O) groups is 1. The number of rotatable bonds is 7. The van der Waals surface area contributed by atoms with Gasteiger partial charge in [0.15, 0.2) is 0 Å². The van der Waals surface area contributed by atoms with Crippen molar-refractivity contribution in [2.24, 2.45) is 11.1 Å². The van der Waals surface area contributed by atoms with E-state index in [0.29, 0.717) is 12.2 Å². The van der Waals surface area contributed by atoms with Gasteiger partial charge in [-0.2, -0.15) is 11.8 Å². The van der Waals surface area contributed by atoms with Gasteiger partial charge in [0.05, 0.1) is 13.5 Å². The van der Waals surface area contributed by atoms with E-state index in [0.717, 1.165) is 36.8 Å². The monoisotopic (exact) mass is 315 g/mol. The largest absolute Gasteiger partial charge is 0.469 e. The van der Waals surface area contributed by atoms with E-state index < -0.39 is 17.7 Å².